The molecule has 1 spiro atoms. The van der Waals surface area contributed by atoms with Crippen molar-refractivity contribution in [2.24, 2.45) is 5.92 Å². The molecule has 1 aromatic rings. The molecule has 2 saturated heterocycles. The monoisotopic (exact) mass is 368 g/mol. The fourth-order valence-corrected chi connectivity index (χ4v) is 5.31. The summed E-state index contributed by atoms with van der Waals surface area (Å²) in [7, 11) is 0. The molecule has 0 aliphatic carbocycles. The zero-order chi connectivity index (χ0) is 14.9. The van der Waals surface area contributed by atoms with Crippen molar-refractivity contribution in [3.8, 4) is 0 Å². The third kappa shape index (κ3) is 3.38. The van der Waals surface area contributed by atoms with Gasteiger partial charge in [-0.15, -0.1) is 0 Å². The number of rotatable bonds is 2. The number of carbonyl (C=O) groups is 1. The second-order valence-corrected chi connectivity index (χ2v) is 8.26. The Bertz CT molecular complexity index is 532. The SMILES string of the molecule is Cc1ccc(C(=O)C2CCOC3(CCSCC3)C2)c(Br)c1. The minimum atomic E-state index is -0.0268. The number of Topliss-reactive ketones (excluding diaryl/α,β-unsaturated/α-hetero) is 1. The fourth-order valence-electron chi connectivity index (χ4n) is 3.38. The Morgan fingerprint density at radius 2 is 2.14 bits per heavy atom. The molecule has 21 heavy (non-hydrogen) atoms. The molecule has 0 amide bonds. The Labute approximate surface area is 139 Å². The van der Waals surface area contributed by atoms with Crippen LogP contribution in [0.15, 0.2) is 22.7 Å². The molecular weight excluding hydrogens is 348 g/mol. The minimum Gasteiger partial charge on any atom is -0.375 e. The second-order valence-electron chi connectivity index (χ2n) is 6.18. The van der Waals surface area contributed by atoms with Crippen LogP contribution in [-0.4, -0.2) is 29.5 Å². The van der Waals surface area contributed by atoms with Gasteiger partial charge in [0.15, 0.2) is 5.78 Å². The Hall–Kier alpha value is -0.320. The average Bonchev–Trinajstić information content (AvgIpc) is 2.47. The smallest absolute Gasteiger partial charge is 0.167 e. The van der Waals surface area contributed by atoms with Crippen LogP contribution >= 0.6 is 27.7 Å². The molecule has 1 aromatic carbocycles. The minimum absolute atomic E-state index is 0.0268. The van der Waals surface area contributed by atoms with Crippen LogP contribution in [0, 0.1) is 12.8 Å². The molecule has 0 bridgehead atoms. The van der Waals surface area contributed by atoms with Gasteiger partial charge in [0.25, 0.3) is 0 Å². The zero-order valence-electron chi connectivity index (χ0n) is 12.4. The molecule has 1 atom stereocenters. The summed E-state index contributed by atoms with van der Waals surface area (Å²) in [5, 5.41) is 0. The quantitative estimate of drug-likeness (QED) is 0.711. The third-order valence-corrected chi connectivity index (χ3v) is 6.30. The van der Waals surface area contributed by atoms with E-state index in [1.165, 1.54) is 5.56 Å². The van der Waals surface area contributed by atoms with Crippen LogP contribution in [-0.2, 0) is 4.74 Å². The summed E-state index contributed by atoms with van der Waals surface area (Å²) >= 11 is 5.55. The van der Waals surface area contributed by atoms with Gasteiger partial charge in [-0.05, 0) is 61.8 Å². The van der Waals surface area contributed by atoms with E-state index in [1.807, 2.05) is 36.9 Å². The number of hydrogen-bond acceptors (Lipinski definition) is 3. The van der Waals surface area contributed by atoms with Gasteiger partial charge >= 0.3 is 0 Å². The number of halogens is 1. The number of thioether (sulfide) groups is 1. The third-order valence-electron chi connectivity index (χ3n) is 4.66. The van der Waals surface area contributed by atoms with E-state index in [4.69, 9.17) is 4.74 Å². The van der Waals surface area contributed by atoms with Gasteiger partial charge in [-0.25, -0.2) is 0 Å². The van der Waals surface area contributed by atoms with Crippen LogP contribution in [0.25, 0.3) is 0 Å². The molecule has 2 fully saturated rings. The molecule has 0 radical (unpaired) electrons. The van der Waals surface area contributed by atoms with Gasteiger partial charge in [-0.1, -0.05) is 22.0 Å². The van der Waals surface area contributed by atoms with Crippen molar-refractivity contribution in [1.29, 1.82) is 0 Å². The fraction of sp³-hybridized carbons (Fsp3) is 0.588. The lowest BCUT2D eigenvalue weighted by atomic mass is 9.78. The summed E-state index contributed by atoms with van der Waals surface area (Å²) in [5.41, 5.74) is 1.97. The average molecular weight is 369 g/mol. The van der Waals surface area contributed by atoms with Gasteiger partial charge in [0, 0.05) is 22.6 Å². The number of aryl methyl sites for hydroxylation is 1. The van der Waals surface area contributed by atoms with Gasteiger partial charge in [-0.2, -0.15) is 11.8 Å². The molecule has 0 N–H and O–H groups in total. The summed E-state index contributed by atoms with van der Waals surface area (Å²) in [6.45, 7) is 2.77. The van der Waals surface area contributed by atoms with E-state index in [-0.39, 0.29) is 17.3 Å². The first-order chi connectivity index (χ1) is 10.1. The molecule has 2 aliphatic rings. The van der Waals surface area contributed by atoms with E-state index in [1.54, 1.807) is 0 Å². The van der Waals surface area contributed by atoms with Crippen LogP contribution in [0.4, 0.5) is 0 Å². The number of hydrogen-bond donors (Lipinski definition) is 0. The van der Waals surface area contributed by atoms with Crippen molar-refractivity contribution >= 4 is 33.5 Å². The van der Waals surface area contributed by atoms with E-state index in [2.05, 4.69) is 15.9 Å². The molecule has 114 valence electrons. The van der Waals surface area contributed by atoms with Crippen molar-refractivity contribution in [3.63, 3.8) is 0 Å². The van der Waals surface area contributed by atoms with Crippen LogP contribution in [0.1, 0.15) is 41.6 Å². The van der Waals surface area contributed by atoms with Crippen molar-refractivity contribution in [2.45, 2.75) is 38.2 Å². The number of carbonyl (C=O) groups excluding carboxylic acids is 1. The highest BCUT2D eigenvalue weighted by Crippen LogP contribution is 2.41. The lowest BCUT2D eigenvalue weighted by Crippen LogP contribution is -2.44. The number of benzene rings is 1. The molecule has 2 nitrogen and oxygen atoms in total. The number of ether oxygens (including phenoxy) is 1. The Morgan fingerprint density at radius 1 is 1.38 bits per heavy atom. The molecular formula is C17H21BrO2S. The van der Waals surface area contributed by atoms with E-state index in [0.29, 0.717) is 0 Å². The van der Waals surface area contributed by atoms with E-state index in [0.717, 1.165) is 53.8 Å². The Morgan fingerprint density at radius 3 is 2.86 bits per heavy atom. The first-order valence-electron chi connectivity index (χ1n) is 7.62. The summed E-state index contributed by atoms with van der Waals surface area (Å²) < 4.78 is 7.02. The standard InChI is InChI=1S/C17H21BrO2S/c1-12-2-3-14(15(18)10-12)16(19)13-4-7-20-17(11-13)5-8-21-9-6-17/h2-3,10,13H,4-9,11H2,1H3. The topological polar surface area (TPSA) is 26.3 Å². The van der Waals surface area contributed by atoms with Gasteiger partial charge in [0.05, 0.1) is 5.60 Å². The molecule has 3 rings (SSSR count). The van der Waals surface area contributed by atoms with Gasteiger partial charge < -0.3 is 4.74 Å². The van der Waals surface area contributed by atoms with Gasteiger partial charge in [0.2, 0.25) is 0 Å². The maximum Gasteiger partial charge on any atom is 0.167 e. The van der Waals surface area contributed by atoms with E-state index >= 15 is 0 Å². The Kier molecular flexibility index (Phi) is 4.77. The number of ketones is 1. The van der Waals surface area contributed by atoms with Crippen LogP contribution < -0.4 is 0 Å². The van der Waals surface area contributed by atoms with Crippen molar-refractivity contribution in [2.75, 3.05) is 18.1 Å². The molecule has 1 unspecified atom stereocenters. The summed E-state index contributed by atoms with van der Waals surface area (Å²) in [6.07, 6.45) is 3.94. The van der Waals surface area contributed by atoms with E-state index in [9.17, 15) is 4.79 Å². The lowest BCUT2D eigenvalue weighted by molar-refractivity contribution is -0.0959. The first-order valence-corrected chi connectivity index (χ1v) is 9.56. The van der Waals surface area contributed by atoms with Gasteiger partial charge in [0.1, 0.15) is 0 Å². The molecule has 2 heterocycles. The largest absolute Gasteiger partial charge is 0.375 e. The van der Waals surface area contributed by atoms with Crippen molar-refractivity contribution < 1.29 is 9.53 Å². The molecule has 0 saturated carbocycles. The molecule has 4 heteroatoms. The van der Waals surface area contributed by atoms with Crippen molar-refractivity contribution in [1.82, 2.24) is 0 Å². The Balaban J connectivity index is 1.77. The van der Waals surface area contributed by atoms with Crippen LogP contribution in [0.3, 0.4) is 0 Å². The predicted octanol–water partition coefficient (Wildman–Crippen LogP) is 4.63. The van der Waals surface area contributed by atoms with Crippen LogP contribution in [0.2, 0.25) is 0 Å². The molecule has 2 aliphatic heterocycles. The summed E-state index contributed by atoms with van der Waals surface area (Å²) in [6, 6.07) is 6.00. The maximum absolute atomic E-state index is 12.9. The van der Waals surface area contributed by atoms with Crippen LogP contribution in [0.5, 0.6) is 0 Å². The normalized spacial score (nSPS) is 25.0. The first kappa shape index (κ1) is 15.6. The second kappa shape index (κ2) is 6.43. The molecule has 0 aromatic heterocycles. The lowest BCUT2D eigenvalue weighted by Gasteiger charge is -2.43. The maximum atomic E-state index is 12.9. The summed E-state index contributed by atoms with van der Waals surface area (Å²) in [4.78, 5) is 12.9. The van der Waals surface area contributed by atoms with Crippen molar-refractivity contribution in [3.05, 3.63) is 33.8 Å². The van der Waals surface area contributed by atoms with Gasteiger partial charge in [-0.3, -0.25) is 4.79 Å². The highest BCUT2D eigenvalue weighted by Gasteiger charge is 2.41. The predicted molar refractivity (Wildman–Crippen MR) is 91.2 cm³/mol. The van der Waals surface area contributed by atoms with E-state index < -0.39 is 0 Å². The summed E-state index contributed by atoms with van der Waals surface area (Å²) in [5.74, 6) is 2.72. The highest BCUT2D eigenvalue weighted by molar-refractivity contribution is 9.10. The highest BCUT2D eigenvalue weighted by atomic mass is 79.9. The zero-order valence-corrected chi connectivity index (χ0v) is 14.8.